The van der Waals surface area contributed by atoms with Gasteiger partial charge in [-0.15, -0.1) is 10.2 Å². The lowest BCUT2D eigenvalue weighted by molar-refractivity contribution is 0.135. The van der Waals surface area contributed by atoms with Gasteiger partial charge in [0.2, 0.25) is 0 Å². The Hall–Kier alpha value is -3.85. The quantitative estimate of drug-likeness (QED) is 0.399. The van der Waals surface area contributed by atoms with E-state index in [-0.39, 0.29) is 6.61 Å². The average Bonchev–Trinajstić information content (AvgIpc) is 3.16. The predicted octanol–water partition coefficient (Wildman–Crippen LogP) is 5.25. The number of fused-ring (bicyclic) bond motifs is 3. The van der Waals surface area contributed by atoms with E-state index in [1.54, 1.807) is 29.7 Å². The van der Waals surface area contributed by atoms with Crippen LogP contribution in [0.1, 0.15) is 34.5 Å². The fraction of sp³-hybridized carbons (Fsp3) is 0.120. The van der Waals surface area contributed by atoms with Gasteiger partial charge < -0.3 is 4.74 Å². The molecule has 5 rings (SSSR count). The van der Waals surface area contributed by atoms with Gasteiger partial charge in [-0.1, -0.05) is 58.4 Å². The highest BCUT2D eigenvalue weighted by atomic mass is 79.9. The zero-order valence-corrected chi connectivity index (χ0v) is 19.7. The lowest BCUT2D eigenvalue weighted by Gasteiger charge is -2.14. The number of hydrogen-bond donors (Lipinski definition) is 1. The molecule has 0 fully saturated rings. The van der Waals surface area contributed by atoms with Crippen LogP contribution in [0.3, 0.4) is 0 Å². The number of carbonyl (C=O) groups is 1. The van der Waals surface area contributed by atoms with Gasteiger partial charge in [-0.05, 0) is 42.8 Å². The highest BCUT2D eigenvalue weighted by molar-refractivity contribution is 9.10. The molecule has 0 saturated carbocycles. The fourth-order valence-electron chi connectivity index (χ4n) is 3.84. The minimum atomic E-state index is -0.953. The third-order valence-electron chi connectivity index (χ3n) is 5.40. The normalized spacial score (nSPS) is 14.4. The number of aryl methyl sites for hydroxylation is 1. The first kappa shape index (κ1) is 22.0. The summed E-state index contributed by atoms with van der Waals surface area (Å²) in [6.07, 6.45) is -1.63. The number of aliphatic imine (C=N–C) groups is 1. The summed E-state index contributed by atoms with van der Waals surface area (Å²) in [5, 5.41) is 11.2. The molecular formula is C25H19BrFN5O2. The molecule has 0 saturated heterocycles. The number of hydrogen-bond acceptors (Lipinski definition) is 5. The second-order valence-electron chi connectivity index (χ2n) is 7.67. The average molecular weight is 520 g/mol. The van der Waals surface area contributed by atoms with Crippen LogP contribution in [-0.4, -0.2) is 26.6 Å². The Bertz CT molecular complexity index is 1400. The number of halogens is 2. The second kappa shape index (κ2) is 9.18. The Morgan fingerprint density at radius 1 is 1.06 bits per heavy atom. The van der Waals surface area contributed by atoms with Crippen molar-refractivity contribution in [3.63, 3.8) is 0 Å². The van der Waals surface area contributed by atoms with Crippen molar-refractivity contribution in [2.45, 2.75) is 19.7 Å². The molecule has 7 nitrogen and oxygen atoms in total. The van der Waals surface area contributed by atoms with Crippen molar-refractivity contribution >= 4 is 27.7 Å². The summed E-state index contributed by atoms with van der Waals surface area (Å²) in [7, 11) is 0. The first-order valence-corrected chi connectivity index (χ1v) is 11.3. The van der Waals surface area contributed by atoms with Crippen LogP contribution in [-0.2, 0) is 11.3 Å². The van der Waals surface area contributed by atoms with E-state index in [2.05, 4.69) is 31.4 Å². The van der Waals surface area contributed by atoms with Crippen molar-refractivity contribution < 1.29 is 13.9 Å². The Kier molecular flexibility index (Phi) is 5.93. The zero-order chi connectivity index (χ0) is 23.7. The molecule has 0 spiro atoms. The van der Waals surface area contributed by atoms with Crippen molar-refractivity contribution in [1.29, 1.82) is 0 Å². The molecule has 1 aliphatic heterocycles. The lowest BCUT2D eigenvalue weighted by Crippen LogP contribution is -2.30. The number of amides is 1. The van der Waals surface area contributed by atoms with E-state index in [0.717, 1.165) is 15.7 Å². The van der Waals surface area contributed by atoms with Crippen LogP contribution in [0, 0.1) is 12.7 Å². The molecule has 170 valence electrons. The third kappa shape index (κ3) is 4.22. The summed E-state index contributed by atoms with van der Waals surface area (Å²) in [5.41, 5.74) is 2.94. The van der Waals surface area contributed by atoms with E-state index in [1.807, 2.05) is 48.5 Å². The number of nitrogens with zero attached hydrogens (tertiary/aromatic N) is 4. The number of ether oxygens (including phenoxy) is 1. The van der Waals surface area contributed by atoms with E-state index in [9.17, 15) is 9.18 Å². The first-order chi connectivity index (χ1) is 16.5. The predicted molar refractivity (Wildman–Crippen MR) is 128 cm³/mol. The Morgan fingerprint density at radius 3 is 2.62 bits per heavy atom. The molecule has 0 aliphatic carbocycles. The lowest BCUT2D eigenvalue weighted by atomic mass is 10.00. The number of benzene rings is 3. The number of carbonyl (C=O) groups excluding carboxylic acids is 1. The van der Waals surface area contributed by atoms with Crippen molar-refractivity contribution in [2.24, 2.45) is 4.99 Å². The van der Waals surface area contributed by atoms with Crippen LogP contribution in [0.5, 0.6) is 0 Å². The van der Waals surface area contributed by atoms with Gasteiger partial charge in [0, 0.05) is 15.6 Å². The SMILES string of the molecule is Cc1nnc2n1-c1ccc(Br)cc1C(c1ccccc1F)=NC2NC(=O)OCc1ccccc1. The standard InChI is InChI=1S/C25H19BrFN5O2/c1-15-30-31-24-23(29-25(33)34-14-16-7-3-2-4-8-16)28-22(18-9-5-6-10-20(18)27)19-13-17(26)11-12-21(19)32(15)24/h2-13,23H,14H2,1H3,(H,29,33). The topological polar surface area (TPSA) is 81.4 Å². The minimum Gasteiger partial charge on any atom is -0.445 e. The van der Waals surface area contributed by atoms with Crippen LogP contribution in [0.4, 0.5) is 9.18 Å². The van der Waals surface area contributed by atoms with Crippen molar-refractivity contribution in [3.05, 3.63) is 111 Å². The zero-order valence-electron chi connectivity index (χ0n) is 18.1. The second-order valence-corrected chi connectivity index (χ2v) is 8.58. The molecular weight excluding hydrogens is 501 g/mol. The van der Waals surface area contributed by atoms with E-state index in [4.69, 9.17) is 9.73 Å². The molecule has 4 aromatic rings. The first-order valence-electron chi connectivity index (χ1n) is 10.5. The fourth-order valence-corrected chi connectivity index (χ4v) is 4.21. The van der Waals surface area contributed by atoms with Gasteiger partial charge in [0.1, 0.15) is 18.2 Å². The monoisotopic (exact) mass is 519 g/mol. The molecule has 1 aromatic heterocycles. The summed E-state index contributed by atoms with van der Waals surface area (Å²) in [6.45, 7) is 1.91. The van der Waals surface area contributed by atoms with Crippen molar-refractivity contribution in [1.82, 2.24) is 20.1 Å². The van der Waals surface area contributed by atoms with E-state index in [1.165, 1.54) is 6.07 Å². The maximum absolute atomic E-state index is 14.9. The molecule has 1 amide bonds. The van der Waals surface area contributed by atoms with Crippen LogP contribution in [0.2, 0.25) is 0 Å². The van der Waals surface area contributed by atoms with Crippen LogP contribution >= 0.6 is 15.9 Å². The van der Waals surface area contributed by atoms with Gasteiger partial charge >= 0.3 is 6.09 Å². The summed E-state index contributed by atoms with van der Waals surface area (Å²) in [5.74, 6) is 0.573. The third-order valence-corrected chi connectivity index (χ3v) is 5.90. The van der Waals surface area contributed by atoms with E-state index < -0.39 is 18.1 Å². The van der Waals surface area contributed by atoms with Gasteiger partial charge in [0.05, 0.1) is 11.4 Å². The van der Waals surface area contributed by atoms with Crippen molar-refractivity contribution in [3.8, 4) is 5.69 Å². The van der Waals surface area contributed by atoms with Crippen LogP contribution < -0.4 is 5.32 Å². The summed E-state index contributed by atoms with van der Waals surface area (Å²) in [6, 6.07) is 21.4. The van der Waals surface area contributed by atoms with Gasteiger partial charge in [-0.2, -0.15) is 0 Å². The highest BCUT2D eigenvalue weighted by Gasteiger charge is 2.30. The van der Waals surface area contributed by atoms with Crippen LogP contribution in [0.15, 0.2) is 82.3 Å². The van der Waals surface area contributed by atoms with Gasteiger partial charge in [-0.3, -0.25) is 14.9 Å². The number of rotatable bonds is 4. The maximum Gasteiger partial charge on any atom is 0.409 e. The van der Waals surface area contributed by atoms with Gasteiger partial charge in [0.15, 0.2) is 12.0 Å². The summed E-state index contributed by atoms with van der Waals surface area (Å²) >= 11 is 3.50. The molecule has 3 aromatic carbocycles. The molecule has 1 unspecified atom stereocenters. The van der Waals surface area contributed by atoms with E-state index >= 15 is 0 Å². The molecule has 0 bridgehead atoms. The molecule has 1 atom stereocenters. The molecule has 0 radical (unpaired) electrons. The van der Waals surface area contributed by atoms with Gasteiger partial charge in [0.25, 0.3) is 0 Å². The van der Waals surface area contributed by atoms with E-state index in [0.29, 0.717) is 28.5 Å². The maximum atomic E-state index is 14.9. The summed E-state index contributed by atoms with van der Waals surface area (Å²) < 4.78 is 22.9. The molecule has 2 heterocycles. The highest BCUT2D eigenvalue weighted by Crippen LogP contribution is 2.32. The molecule has 34 heavy (non-hydrogen) atoms. The number of nitrogens with one attached hydrogen (secondary N) is 1. The summed E-state index contributed by atoms with van der Waals surface area (Å²) in [4.78, 5) is 17.5. The van der Waals surface area contributed by atoms with Crippen molar-refractivity contribution in [2.75, 3.05) is 0 Å². The number of aromatic nitrogens is 3. The smallest absolute Gasteiger partial charge is 0.409 e. The van der Waals surface area contributed by atoms with Gasteiger partial charge in [-0.25, -0.2) is 9.18 Å². The molecule has 9 heteroatoms. The Morgan fingerprint density at radius 2 is 1.82 bits per heavy atom. The minimum absolute atomic E-state index is 0.0994. The Balaban J connectivity index is 1.58. The molecule has 1 N–H and O–H groups in total. The largest absolute Gasteiger partial charge is 0.445 e. The molecule has 1 aliphatic rings. The Labute approximate surface area is 203 Å². The number of alkyl carbamates (subject to hydrolysis) is 1. The van der Waals surface area contributed by atoms with Crippen LogP contribution in [0.25, 0.3) is 5.69 Å².